The minimum absolute atomic E-state index is 0.00685. The number of carboxylic acid groups (broad SMARTS) is 1. The quantitative estimate of drug-likeness (QED) is 0.654. The van der Waals surface area contributed by atoms with E-state index < -0.39 is 17.5 Å². The number of likely N-dealkylation sites (tertiary alicyclic amines) is 1. The van der Waals surface area contributed by atoms with E-state index in [1.165, 1.54) is 11.1 Å². The van der Waals surface area contributed by atoms with Crippen LogP contribution in [-0.2, 0) is 14.3 Å². The maximum atomic E-state index is 13.0. The number of carbonyl (C=O) groups is 3. The predicted octanol–water partition coefficient (Wildman–Crippen LogP) is 3.73. The zero-order valence-electron chi connectivity index (χ0n) is 19.5. The minimum atomic E-state index is -0.756. The van der Waals surface area contributed by atoms with Crippen LogP contribution in [0.5, 0.6) is 0 Å². The number of benzene rings is 2. The fraction of sp³-hybridized carbons (Fsp3) is 0.444. The number of carboxylic acids is 1. The highest BCUT2D eigenvalue weighted by atomic mass is 16.5. The van der Waals surface area contributed by atoms with Gasteiger partial charge in [-0.2, -0.15) is 0 Å². The number of alkyl carbamates (subject to hydrolysis) is 1. The number of piperidine rings is 1. The summed E-state index contributed by atoms with van der Waals surface area (Å²) in [7, 11) is 0. The van der Waals surface area contributed by atoms with Crippen LogP contribution < -0.4 is 5.32 Å². The predicted molar refractivity (Wildman–Crippen MR) is 126 cm³/mol. The zero-order valence-corrected chi connectivity index (χ0v) is 19.5. The number of hydrogen-bond donors (Lipinski definition) is 2. The van der Waals surface area contributed by atoms with E-state index in [-0.39, 0.29) is 36.2 Å². The molecule has 178 valence electrons. The number of amides is 2. The van der Waals surface area contributed by atoms with Crippen molar-refractivity contribution in [3.05, 3.63) is 59.7 Å². The number of nitrogens with one attached hydrogen (secondary N) is 1. The van der Waals surface area contributed by atoms with Gasteiger partial charge in [0.1, 0.15) is 6.61 Å². The molecule has 0 bridgehead atoms. The van der Waals surface area contributed by atoms with Crippen LogP contribution in [0.15, 0.2) is 48.5 Å². The van der Waals surface area contributed by atoms with E-state index >= 15 is 0 Å². The lowest BCUT2D eigenvalue weighted by atomic mass is 9.87. The van der Waals surface area contributed by atoms with Gasteiger partial charge in [-0.3, -0.25) is 9.59 Å². The second-order valence-electron chi connectivity index (χ2n) is 10.3. The summed E-state index contributed by atoms with van der Waals surface area (Å²) in [5, 5.41) is 12.0. The number of fused-ring (bicyclic) bond motifs is 4. The van der Waals surface area contributed by atoms with E-state index in [0.29, 0.717) is 26.1 Å². The Morgan fingerprint density at radius 3 is 2.12 bits per heavy atom. The molecule has 2 N–H and O–H groups in total. The molecule has 7 heteroatoms. The molecule has 34 heavy (non-hydrogen) atoms. The standard InChI is InChI=1S/C27H30N2O5/c1-27(2,25(32)29-13-20-21(14-29)23(20)24(30)31)11-12-28-26(33)34-15-22-18-9-5-3-7-16(18)17-8-4-6-10-19(17)22/h3-10,20-23H,11-15H2,1-2H3,(H,28,33)(H,30,31)/t20-,21+,23?. The Bertz CT molecular complexity index is 1090. The fourth-order valence-electron chi connectivity index (χ4n) is 5.72. The van der Waals surface area contributed by atoms with E-state index in [4.69, 9.17) is 9.84 Å². The van der Waals surface area contributed by atoms with E-state index in [2.05, 4.69) is 29.6 Å². The van der Waals surface area contributed by atoms with Crippen molar-refractivity contribution in [3.8, 4) is 11.1 Å². The van der Waals surface area contributed by atoms with Crippen LogP contribution in [0.2, 0.25) is 0 Å². The molecule has 0 spiro atoms. The van der Waals surface area contributed by atoms with Gasteiger partial charge in [0.15, 0.2) is 0 Å². The van der Waals surface area contributed by atoms with Gasteiger partial charge in [0.25, 0.3) is 0 Å². The molecule has 2 aliphatic carbocycles. The van der Waals surface area contributed by atoms with E-state index in [0.717, 1.165) is 11.1 Å². The van der Waals surface area contributed by atoms with Crippen molar-refractivity contribution in [1.29, 1.82) is 0 Å². The number of ether oxygens (including phenoxy) is 1. The van der Waals surface area contributed by atoms with Crippen molar-refractivity contribution in [1.82, 2.24) is 10.2 Å². The molecule has 3 atom stereocenters. The number of rotatable bonds is 7. The normalized spacial score (nSPS) is 22.5. The highest BCUT2D eigenvalue weighted by Crippen LogP contribution is 2.52. The first-order chi connectivity index (χ1) is 16.3. The summed E-state index contributed by atoms with van der Waals surface area (Å²) in [6.07, 6.45) is -0.0126. The molecular formula is C27H30N2O5. The van der Waals surface area contributed by atoms with Crippen molar-refractivity contribution in [3.63, 3.8) is 0 Å². The van der Waals surface area contributed by atoms with Gasteiger partial charge >= 0.3 is 12.1 Å². The van der Waals surface area contributed by atoms with Crippen molar-refractivity contribution >= 4 is 18.0 Å². The molecule has 2 aromatic rings. The Kier molecular flexibility index (Phi) is 5.58. The molecule has 2 amide bonds. The number of nitrogens with zero attached hydrogens (tertiary/aromatic N) is 1. The summed E-state index contributed by atoms with van der Waals surface area (Å²) in [5.74, 6) is -0.839. The van der Waals surface area contributed by atoms with Crippen LogP contribution in [0, 0.1) is 23.2 Å². The average Bonchev–Trinajstić information content (AvgIpc) is 3.18. The third-order valence-electron chi connectivity index (χ3n) is 7.71. The van der Waals surface area contributed by atoms with Gasteiger partial charge in [-0.05, 0) is 40.5 Å². The van der Waals surface area contributed by atoms with Gasteiger partial charge in [-0.15, -0.1) is 0 Å². The van der Waals surface area contributed by atoms with E-state index in [9.17, 15) is 14.4 Å². The Morgan fingerprint density at radius 2 is 1.56 bits per heavy atom. The summed E-state index contributed by atoms with van der Waals surface area (Å²) >= 11 is 0. The Hall–Kier alpha value is -3.35. The van der Waals surface area contributed by atoms with Gasteiger partial charge in [0.05, 0.1) is 5.92 Å². The van der Waals surface area contributed by atoms with Crippen LogP contribution in [0.25, 0.3) is 11.1 Å². The topological polar surface area (TPSA) is 95.9 Å². The molecule has 2 fully saturated rings. The van der Waals surface area contributed by atoms with Crippen LogP contribution in [0.1, 0.15) is 37.3 Å². The molecule has 5 rings (SSSR count). The first-order valence-corrected chi connectivity index (χ1v) is 11.9. The molecule has 2 aromatic carbocycles. The Morgan fingerprint density at radius 1 is 1.00 bits per heavy atom. The van der Waals surface area contributed by atoms with E-state index in [1.54, 1.807) is 4.90 Å². The van der Waals surface area contributed by atoms with Crippen molar-refractivity contribution < 1.29 is 24.2 Å². The highest BCUT2D eigenvalue weighted by molar-refractivity contribution is 5.84. The maximum Gasteiger partial charge on any atom is 0.407 e. The van der Waals surface area contributed by atoms with Crippen LogP contribution >= 0.6 is 0 Å². The summed E-state index contributed by atoms with van der Waals surface area (Å²) in [4.78, 5) is 38.3. The van der Waals surface area contributed by atoms with Crippen LogP contribution in [-0.4, -0.2) is 54.2 Å². The van der Waals surface area contributed by atoms with Crippen molar-refractivity contribution in [2.24, 2.45) is 23.2 Å². The third-order valence-corrected chi connectivity index (χ3v) is 7.71. The summed E-state index contributed by atoms with van der Waals surface area (Å²) in [6.45, 7) is 5.35. The largest absolute Gasteiger partial charge is 0.481 e. The van der Waals surface area contributed by atoms with Crippen molar-refractivity contribution in [2.45, 2.75) is 26.2 Å². The lowest BCUT2D eigenvalue weighted by Crippen LogP contribution is -2.43. The molecule has 0 aromatic heterocycles. The molecule has 7 nitrogen and oxygen atoms in total. The van der Waals surface area contributed by atoms with Gasteiger partial charge in [0, 0.05) is 31.0 Å². The molecule has 1 saturated carbocycles. The lowest BCUT2D eigenvalue weighted by molar-refractivity contribution is -0.143. The third kappa shape index (κ3) is 3.93. The van der Waals surface area contributed by atoms with Crippen LogP contribution in [0.3, 0.4) is 0 Å². The SMILES string of the molecule is CC(C)(CCNC(=O)OCC1c2ccccc2-c2ccccc21)C(=O)N1C[C@@H]2C(C(=O)O)[C@@H]2C1. The maximum absolute atomic E-state index is 13.0. The second kappa shape index (κ2) is 8.46. The summed E-state index contributed by atoms with van der Waals surface area (Å²) < 4.78 is 5.57. The lowest BCUT2D eigenvalue weighted by Gasteiger charge is -2.30. The smallest absolute Gasteiger partial charge is 0.407 e. The number of hydrogen-bond acceptors (Lipinski definition) is 4. The molecule has 1 unspecified atom stereocenters. The summed E-state index contributed by atoms with van der Waals surface area (Å²) in [5.41, 5.74) is 4.05. The summed E-state index contributed by atoms with van der Waals surface area (Å²) in [6, 6.07) is 16.4. The first-order valence-electron chi connectivity index (χ1n) is 11.9. The van der Waals surface area contributed by atoms with Gasteiger partial charge in [0.2, 0.25) is 5.91 Å². The molecule has 1 heterocycles. The fourth-order valence-corrected chi connectivity index (χ4v) is 5.72. The van der Waals surface area contributed by atoms with Crippen molar-refractivity contribution in [2.75, 3.05) is 26.2 Å². The number of carbonyl (C=O) groups excluding carboxylic acids is 2. The van der Waals surface area contributed by atoms with Gasteiger partial charge < -0.3 is 20.1 Å². The van der Waals surface area contributed by atoms with Gasteiger partial charge in [-0.1, -0.05) is 62.4 Å². The Balaban J connectivity index is 1.10. The number of aliphatic carboxylic acids is 1. The van der Waals surface area contributed by atoms with Gasteiger partial charge in [-0.25, -0.2) is 4.79 Å². The first kappa shape index (κ1) is 22.4. The van der Waals surface area contributed by atoms with E-state index in [1.807, 2.05) is 38.1 Å². The Labute approximate surface area is 199 Å². The highest BCUT2D eigenvalue weighted by Gasteiger charge is 2.61. The monoisotopic (exact) mass is 462 g/mol. The second-order valence-corrected chi connectivity index (χ2v) is 10.3. The molecule has 3 aliphatic rings. The molecule has 1 aliphatic heterocycles. The molecule has 1 saturated heterocycles. The average molecular weight is 463 g/mol. The minimum Gasteiger partial charge on any atom is -0.481 e. The molecule has 0 radical (unpaired) electrons. The van der Waals surface area contributed by atoms with Crippen LogP contribution in [0.4, 0.5) is 4.79 Å². The molecular weight excluding hydrogens is 432 g/mol. The zero-order chi connectivity index (χ0) is 24.0.